The van der Waals surface area contributed by atoms with Gasteiger partial charge in [-0.05, 0) is 32.1 Å². The number of halogens is 1. The van der Waals surface area contributed by atoms with Gasteiger partial charge in [0.05, 0.1) is 0 Å². The quantitative estimate of drug-likeness (QED) is 0.685. The third-order valence-electron chi connectivity index (χ3n) is 3.77. The number of hydrogen-bond donors (Lipinski definition) is 0. The smallest absolute Gasteiger partial charge is 0.228 e. The Labute approximate surface area is 108 Å². The standard InChI is InChI=1S/C13H24BrNO/c1-4-13(2,3)12(16)15(10-6-9-14)11-7-5-8-11/h11H,4-10H2,1-3H3. The molecule has 0 aliphatic heterocycles. The summed E-state index contributed by atoms with van der Waals surface area (Å²) in [7, 11) is 0. The van der Waals surface area contributed by atoms with Crippen LogP contribution in [0.25, 0.3) is 0 Å². The summed E-state index contributed by atoms with van der Waals surface area (Å²) in [6, 6.07) is 0.525. The maximum absolute atomic E-state index is 12.4. The second-order valence-electron chi connectivity index (χ2n) is 5.36. The topological polar surface area (TPSA) is 20.3 Å². The van der Waals surface area contributed by atoms with Crippen LogP contribution in [0.4, 0.5) is 0 Å². The highest BCUT2D eigenvalue weighted by Gasteiger charge is 2.35. The molecule has 0 aromatic heterocycles. The van der Waals surface area contributed by atoms with Crippen molar-refractivity contribution in [2.75, 3.05) is 11.9 Å². The van der Waals surface area contributed by atoms with E-state index in [4.69, 9.17) is 0 Å². The summed E-state index contributed by atoms with van der Waals surface area (Å²) >= 11 is 3.45. The summed E-state index contributed by atoms with van der Waals surface area (Å²) in [4.78, 5) is 14.6. The first-order chi connectivity index (χ1) is 7.53. The Morgan fingerprint density at radius 1 is 1.44 bits per heavy atom. The van der Waals surface area contributed by atoms with Crippen molar-refractivity contribution < 1.29 is 4.79 Å². The first kappa shape index (κ1) is 14.0. The van der Waals surface area contributed by atoms with Gasteiger partial charge in [-0.15, -0.1) is 0 Å². The summed E-state index contributed by atoms with van der Waals surface area (Å²) in [6.07, 6.45) is 5.67. The molecule has 1 rings (SSSR count). The number of rotatable bonds is 6. The predicted octanol–water partition coefficient (Wildman–Crippen LogP) is 3.59. The van der Waals surface area contributed by atoms with Gasteiger partial charge in [-0.3, -0.25) is 4.79 Å². The van der Waals surface area contributed by atoms with E-state index in [0.717, 1.165) is 24.7 Å². The zero-order valence-corrected chi connectivity index (χ0v) is 12.3. The minimum absolute atomic E-state index is 0.193. The van der Waals surface area contributed by atoms with Gasteiger partial charge in [-0.1, -0.05) is 36.7 Å². The Hall–Kier alpha value is -0.0500. The van der Waals surface area contributed by atoms with Crippen LogP contribution >= 0.6 is 15.9 Å². The number of carbonyl (C=O) groups excluding carboxylic acids is 1. The molecule has 2 nitrogen and oxygen atoms in total. The molecule has 0 aromatic rings. The first-order valence-electron chi connectivity index (χ1n) is 6.40. The largest absolute Gasteiger partial charge is 0.339 e. The van der Waals surface area contributed by atoms with Gasteiger partial charge in [0, 0.05) is 23.3 Å². The molecule has 1 saturated carbocycles. The lowest BCUT2D eigenvalue weighted by atomic mass is 9.84. The molecule has 3 heteroatoms. The summed E-state index contributed by atoms with van der Waals surface area (Å²) in [5, 5.41) is 0.982. The summed E-state index contributed by atoms with van der Waals surface area (Å²) in [5.41, 5.74) is -0.193. The van der Waals surface area contributed by atoms with Crippen molar-refractivity contribution in [2.45, 2.75) is 58.9 Å². The molecule has 1 amide bonds. The van der Waals surface area contributed by atoms with Gasteiger partial charge in [0.2, 0.25) is 5.91 Å². The molecule has 0 unspecified atom stereocenters. The Bertz CT molecular complexity index is 236. The highest BCUT2D eigenvalue weighted by Crippen LogP contribution is 2.31. The normalized spacial score (nSPS) is 17.0. The summed E-state index contributed by atoms with van der Waals surface area (Å²) < 4.78 is 0. The van der Waals surface area contributed by atoms with E-state index in [2.05, 4.69) is 41.6 Å². The first-order valence-corrected chi connectivity index (χ1v) is 7.52. The van der Waals surface area contributed by atoms with Crippen molar-refractivity contribution in [1.29, 1.82) is 0 Å². The molecule has 0 heterocycles. The number of alkyl halides is 1. The Kier molecular flexibility index (Phi) is 5.29. The fourth-order valence-corrected chi connectivity index (χ4v) is 2.17. The lowest BCUT2D eigenvalue weighted by Gasteiger charge is -2.41. The Balaban J connectivity index is 2.63. The highest BCUT2D eigenvalue weighted by molar-refractivity contribution is 9.09. The molecule has 0 N–H and O–H groups in total. The number of carbonyl (C=O) groups is 1. The molecular formula is C13H24BrNO. The fourth-order valence-electron chi connectivity index (χ4n) is 1.92. The van der Waals surface area contributed by atoms with E-state index < -0.39 is 0 Å². The van der Waals surface area contributed by atoms with Crippen LogP contribution in [-0.2, 0) is 4.79 Å². The van der Waals surface area contributed by atoms with Gasteiger partial charge in [0.15, 0.2) is 0 Å². The molecule has 16 heavy (non-hydrogen) atoms. The number of hydrogen-bond acceptors (Lipinski definition) is 1. The second kappa shape index (κ2) is 6.04. The van der Waals surface area contributed by atoms with Crippen molar-refractivity contribution in [3.63, 3.8) is 0 Å². The van der Waals surface area contributed by atoms with Gasteiger partial charge < -0.3 is 4.90 Å². The summed E-state index contributed by atoms with van der Waals surface area (Å²) in [5.74, 6) is 0.348. The van der Waals surface area contributed by atoms with E-state index in [1.54, 1.807) is 0 Å². The second-order valence-corrected chi connectivity index (χ2v) is 6.16. The van der Waals surface area contributed by atoms with Crippen LogP contribution < -0.4 is 0 Å². The fraction of sp³-hybridized carbons (Fsp3) is 0.923. The molecule has 1 fully saturated rings. The third-order valence-corrected chi connectivity index (χ3v) is 4.33. The van der Waals surface area contributed by atoms with Crippen LogP contribution in [0, 0.1) is 5.41 Å². The summed E-state index contributed by atoms with van der Waals surface area (Å²) in [6.45, 7) is 7.14. The van der Waals surface area contributed by atoms with Crippen LogP contribution in [0.15, 0.2) is 0 Å². The average Bonchev–Trinajstić information content (AvgIpc) is 2.20. The van der Waals surface area contributed by atoms with Crippen LogP contribution in [0.2, 0.25) is 0 Å². The van der Waals surface area contributed by atoms with Gasteiger partial charge in [0.1, 0.15) is 0 Å². The molecule has 0 bridgehead atoms. The van der Waals surface area contributed by atoms with Gasteiger partial charge >= 0.3 is 0 Å². The highest BCUT2D eigenvalue weighted by atomic mass is 79.9. The number of amides is 1. The number of nitrogens with zero attached hydrogens (tertiary/aromatic N) is 1. The molecular weight excluding hydrogens is 266 g/mol. The minimum atomic E-state index is -0.193. The molecule has 1 aliphatic rings. The van der Waals surface area contributed by atoms with E-state index in [-0.39, 0.29) is 5.41 Å². The zero-order chi connectivity index (χ0) is 12.2. The zero-order valence-electron chi connectivity index (χ0n) is 10.8. The molecule has 0 spiro atoms. The van der Waals surface area contributed by atoms with Crippen LogP contribution in [-0.4, -0.2) is 28.7 Å². The minimum Gasteiger partial charge on any atom is -0.339 e. The van der Waals surface area contributed by atoms with Crippen LogP contribution in [0.5, 0.6) is 0 Å². The van der Waals surface area contributed by atoms with Crippen molar-refractivity contribution >= 4 is 21.8 Å². The van der Waals surface area contributed by atoms with Crippen LogP contribution in [0.1, 0.15) is 52.9 Å². The maximum Gasteiger partial charge on any atom is 0.228 e. The lowest BCUT2D eigenvalue weighted by Crippen LogP contribution is -2.49. The molecule has 0 radical (unpaired) electrons. The predicted molar refractivity (Wildman–Crippen MR) is 71.8 cm³/mol. The maximum atomic E-state index is 12.4. The van der Waals surface area contributed by atoms with Crippen LogP contribution in [0.3, 0.4) is 0 Å². The van der Waals surface area contributed by atoms with Crippen molar-refractivity contribution in [3.05, 3.63) is 0 Å². The van der Waals surface area contributed by atoms with E-state index in [0.29, 0.717) is 11.9 Å². The van der Waals surface area contributed by atoms with E-state index in [1.807, 2.05) is 0 Å². The third kappa shape index (κ3) is 3.22. The average molecular weight is 290 g/mol. The molecule has 0 saturated heterocycles. The van der Waals surface area contributed by atoms with Gasteiger partial charge in [-0.25, -0.2) is 0 Å². The van der Waals surface area contributed by atoms with Gasteiger partial charge in [0.25, 0.3) is 0 Å². The SMILES string of the molecule is CCC(C)(C)C(=O)N(CCCBr)C1CCC1. The molecule has 94 valence electrons. The molecule has 0 atom stereocenters. The Morgan fingerprint density at radius 3 is 2.44 bits per heavy atom. The molecule has 0 aromatic carbocycles. The van der Waals surface area contributed by atoms with Crippen molar-refractivity contribution in [2.24, 2.45) is 5.41 Å². The van der Waals surface area contributed by atoms with Crippen molar-refractivity contribution in [1.82, 2.24) is 4.90 Å². The lowest BCUT2D eigenvalue weighted by molar-refractivity contribution is -0.144. The monoisotopic (exact) mass is 289 g/mol. The molecule has 1 aliphatic carbocycles. The van der Waals surface area contributed by atoms with E-state index >= 15 is 0 Å². The van der Waals surface area contributed by atoms with Gasteiger partial charge in [-0.2, -0.15) is 0 Å². The van der Waals surface area contributed by atoms with E-state index in [1.165, 1.54) is 19.3 Å². The Morgan fingerprint density at radius 2 is 2.06 bits per heavy atom. The van der Waals surface area contributed by atoms with Crippen molar-refractivity contribution in [3.8, 4) is 0 Å². The van der Waals surface area contributed by atoms with E-state index in [9.17, 15) is 4.79 Å².